The van der Waals surface area contributed by atoms with Gasteiger partial charge in [0.25, 0.3) is 0 Å². The van der Waals surface area contributed by atoms with Crippen LogP contribution in [0, 0.1) is 5.82 Å². The molecule has 0 spiro atoms. The fourth-order valence-electron chi connectivity index (χ4n) is 1.91. The fraction of sp³-hybridized carbons (Fsp3) is 0.250. The van der Waals surface area contributed by atoms with E-state index in [0.717, 1.165) is 23.4 Å². The van der Waals surface area contributed by atoms with E-state index in [1.54, 1.807) is 12.1 Å². The van der Waals surface area contributed by atoms with Crippen molar-refractivity contribution in [2.75, 3.05) is 6.61 Å². The molecule has 2 rings (SSSR count). The van der Waals surface area contributed by atoms with E-state index < -0.39 is 0 Å². The second-order valence-electron chi connectivity index (χ2n) is 4.31. The van der Waals surface area contributed by atoms with Gasteiger partial charge < -0.3 is 10.1 Å². The summed E-state index contributed by atoms with van der Waals surface area (Å²) in [5, 5.41) is 3.29. The van der Waals surface area contributed by atoms with Gasteiger partial charge in [0.15, 0.2) is 0 Å². The molecule has 0 aliphatic heterocycles. The molecule has 0 saturated heterocycles. The highest BCUT2D eigenvalue weighted by Crippen LogP contribution is 2.13. The lowest BCUT2D eigenvalue weighted by Gasteiger charge is -2.08. The standard InChI is InChI=1S/C16H18FNO/c1-2-19-16-8-4-6-14(10-16)12-18-11-13-5-3-7-15(17)9-13/h3-10,18H,2,11-12H2,1H3. The molecule has 2 aromatic rings. The van der Waals surface area contributed by atoms with Crippen molar-refractivity contribution in [2.24, 2.45) is 0 Å². The van der Waals surface area contributed by atoms with Gasteiger partial charge in [-0.3, -0.25) is 0 Å². The van der Waals surface area contributed by atoms with Crippen LogP contribution in [0.1, 0.15) is 18.1 Å². The topological polar surface area (TPSA) is 21.3 Å². The molecule has 0 unspecified atom stereocenters. The molecule has 0 fully saturated rings. The zero-order chi connectivity index (χ0) is 13.5. The van der Waals surface area contributed by atoms with E-state index >= 15 is 0 Å². The summed E-state index contributed by atoms with van der Waals surface area (Å²) in [4.78, 5) is 0. The highest BCUT2D eigenvalue weighted by atomic mass is 19.1. The van der Waals surface area contributed by atoms with Gasteiger partial charge in [0.1, 0.15) is 11.6 Å². The van der Waals surface area contributed by atoms with E-state index in [2.05, 4.69) is 5.32 Å². The first-order valence-electron chi connectivity index (χ1n) is 6.45. The second kappa shape index (κ2) is 6.90. The van der Waals surface area contributed by atoms with Gasteiger partial charge in [0, 0.05) is 13.1 Å². The summed E-state index contributed by atoms with van der Waals surface area (Å²) in [6.07, 6.45) is 0. The lowest BCUT2D eigenvalue weighted by atomic mass is 10.2. The Morgan fingerprint density at radius 3 is 2.37 bits per heavy atom. The molecular formula is C16H18FNO. The molecule has 0 atom stereocenters. The first-order valence-corrected chi connectivity index (χ1v) is 6.45. The van der Waals surface area contributed by atoms with E-state index in [1.165, 1.54) is 6.07 Å². The van der Waals surface area contributed by atoms with Crippen LogP contribution < -0.4 is 10.1 Å². The van der Waals surface area contributed by atoms with Crippen molar-refractivity contribution in [1.82, 2.24) is 5.32 Å². The Labute approximate surface area is 113 Å². The van der Waals surface area contributed by atoms with E-state index in [9.17, 15) is 4.39 Å². The van der Waals surface area contributed by atoms with Crippen LogP contribution in [0.3, 0.4) is 0 Å². The number of halogens is 1. The Balaban J connectivity index is 1.87. The van der Waals surface area contributed by atoms with Crippen LogP contribution in [-0.2, 0) is 13.1 Å². The predicted molar refractivity (Wildman–Crippen MR) is 74.6 cm³/mol. The SMILES string of the molecule is CCOc1cccc(CNCc2cccc(F)c2)c1. The molecule has 0 bridgehead atoms. The average Bonchev–Trinajstić information content (AvgIpc) is 2.40. The molecule has 100 valence electrons. The quantitative estimate of drug-likeness (QED) is 0.857. The van der Waals surface area contributed by atoms with Crippen LogP contribution >= 0.6 is 0 Å². The van der Waals surface area contributed by atoms with Gasteiger partial charge in [-0.15, -0.1) is 0 Å². The fourth-order valence-corrected chi connectivity index (χ4v) is 1.91. The number of nitrogens with one attached hydrogen (secondary N) is 1. The van der Waals surface area contributed by atoms with Crippen LogP contribution in [0.2, 0.25) is 0 Å². The van der Waals surface area contributed by atoms with Crippen molar-refractivity contribution in [1.29, 1.82) is 0 Å². The predicted octanol–water partition coefficient (Wildman–Crippen LogP) is 3.51. The van der Waals surface area contributed by atoms with Gasteiger partial charge in [0.2, 0.25) is 0 Å². The Morgan fingerprint density at radius 1 is 1.00 bits per heavy atom. The Bertz CT molecular complexity index is 528. The highest BCUT2D eigenvalue weighted by molar-refractivity contribution is 5.28. The zero-order valence-corrected chi connectivity index (χ0v) is 11.0. The maximum Gasteiger partial charge on any atom is 0.123 e. The third-order valence-corrected chi connectivity index (χ3v) is 2.76. The Morgan fingerprint density at radius 2 is 1.68 bits per heavy atom. The summed E-state index contributed by atoms with van der Waals surface area (Å²) < 4.78 is 18.5. The third-order valence-electron chi connectivity index (χ3n) is 2.76. The Kier molecular flexibility index (Phi) is 4.93. The van der Waals surface area contributed by atoms with E-state index in [0.29, 0.717) is 13.2 Å². The first-order chi connectivity index (χ1) is 9.28. The summed E-state index contributed by atoms with van der Waals surface area (Å²) in [6.45, 7) is 4.02. The smallest absolute Gasteiger partial charge is 0.123 e. The molecule has 3 heteroatoms. The molecule has 0 aliphatic carbocycles. The molecule has 0 radical (unpaired) electrons. The third kappa shape index (κ3) is 4.38. The monoisotopic (exact) mass is 259 g/mol. The van der Waals surface area contributed by atoms with Crippen molar-refractivity contribution in [2.45, 2.75) is 20.0 Å². The molecule has 1 N–H and O–H groups in total. The summed E-state index contributed by atoms with van der Waals surface area (Å²) in [5.41, 5.74) is 2.10. The van der Waals surface area contributed by atoms with Crippen molar-refractivity contribution in [3.8, 4) is 5.75 Å². The second-order valence-corrected chi connectivity index (χ2v) is 4.31. The van der Waals surface area contributed by atoms with Crippen molar-refractivity contribution < 1.29 is 9.13 Å². The molecule has 19 heavy (non-hydrogen) atoms. The van der Waals surface area contributed by atoms with Gasteiger partial charge in [-0.1, -0.05) is 24.3 Å². The van der Waals surface area contributed by atoms with Crippen LogP contribution in [0.5, 0.6) is 5.75 Å². The number of hydrogen-bond acceptors (Lipinski definition) is 2. The van der Waals surface area contributed by atoms with Gasteiger partial charge in [-0.2, -0.15) is 0 Å². The normalized spacial score (nSPS) is 10.4. The molecule has 0 aliphatic rings. The zero-order valence-electron chi connectivity index (χ0n) is 11.0. The van der Waals surface area contributed by atoms with Gasteiger partial charge in [-0.05, 0) is 42.3 Å². The molecule has 0 aromatic heterocycles. The molecular weight excluding hydrogens is 241 g/mol. The molecule has 0 amide bonds. The summed E-state index contributed by atoms with van der Waals surface area (Å²) in [5.74, 6) is 0.685. The minimum atomic E-state index is -0.197. The van der Waals surface area contributed by atoms with Gasteiger partial charge in [0.05, 0.1) is 6.61 Å². The van der Waals surface area contributed by atoms with Crippen LogP contribution in [0.25, 0.3) is 0 Å². The maximum atomic E-state index is 13.0. The minimum absolute atomic E-state index is 0.197. The maximum absolute atomic E-state index is 13.0. The van der Waals surface area contributed by atoms with E-state index in [1.807, 2.05) is 37.3 Å². The summed E-state index contributed by atoms with van der Waals surface area (Å²) in [7, 11) is 0. The van der Waals surface area contributed by atoms with Crippen LogP contribution in [-0.4, -0.2) is 6.61 Å². The van der Waals surface area contributed by atoms with Crippen LogP contribution in [0.4, 0.5) is 4.39 Å². The number of hydrogen-bond donors (Lipinski definition) is 1. The molecule has 0 saturated carbocycles. The Hall–Kier alpha value is -1.87. The highest BCUT2D eigenvalue weighted by Gasteiger charge is 1.98. The van der Waals surface area contributed by atoms with Gasteiger partial charge in [-0.25, -0.2) is 4.39 Å². The summed E-state index contributed by atoms with van der Waals surface area (Å²) >= 11 is 0. The molecule has 2 nitrogen and oxygen atoms in total. The lowest BCUT2D eigenvalue weighted by Crippen LogP contribution is -2.12. The molecule has 2 aromatic carbocycles. The van der Waals surface area contributed by atoms with Gasteiger partial charge >= 0.3 is 0 Å². The first kappa shape index (κ1) is 13.6. The minimum Gasteiger partial charge on any atom is -0.494 e. The van der Waals surface area contributed by atoms with Crippen molar-refractivity contribution in [3.63, 3.8) is 0 Å². The largest absolute Gasteiger partial charge is 0.494 e. The molecule has 0 heterocycles. The van der Waals surface area contributed by atoms with E-state index in [-0.39, 0.29) is 5.82 Å². The average molecular weight is 259 g/mol. The van der Waals surface area contributed by atoms with Crippen molar-refractivity contribution in [3.05, 3.63) is 65.5 Å². The summed E-state index contributed by atoms with van der Waals surface area (Å²) in [6, 6.07) is 14.6. The number of ether oxygens (including phenoxy) is 1. The van der Waals surface area contributed by atoms with E-state index in [4.69, 9.17) is 4.74 Å². The lowest BCUT2D eigenvalue weighted by molar-refractivity contribution is 0.340. The van der Waals surface area contributed by atoms with Crippen LogP contribution in [0.15, 0.2) is 48.5 Å². The number of rotatable bonds is 6. The van der Waals surface area contributed by atoms with Crippen molar-refractivity contribution >= 4 is 0 Å². The number of benzene rings is 2.